The summed E-state index contributed by atoms with van der Waals surface area (Å²) in [7, 11) is 0. The molecule has 14 heavy (non-hydrogen) atoms. The third-order valence-corrected chi connectivity index (χ3v) is 2.61. The Balaban J connectivity index is 0.000000980. The van der Waals surface area contributed by atoms with E-state index in [1.807, 2.05) is 0 Å². The number of alkyl halides is 2. The first-order chi connectivity index (χ1) is 6.03. The van der Waals surface area contributed by atoms with Crippen LogP contribution in [0.25, 0.3) is 5.73 Å². The fraction of sp³-hybridized carbons (Fsp3) is 0.875. The van der Waals surface area contributed by atoms with Crippen LogP contribution in [0.4, 0.5) is 8.78 Å². The van der Waals surface area contributed by atoms with E-state index < -0.39 is 23.8 Å². The Morgan fingerprint density at radius 1 is 1.43 bits per heavy atom. The molecule has 0 aromatic carbocycles. The van der Waals surface area contributed by atoms with Gasteiger partial charge in [-0.3, -0.25) is 4.79 Å². The monoisotopic (exact) mass is 228 g/mol. The molecule has 0 bridgehead atoms. The van der Waals surface area contributed by atoms with Crippen LogP contribution >= 0.6 is 0 Å². The van der Waals surface area contributed by atoms with E-state index >= 15 is 0 Å². The van der Waals surface area contributed by atoms with Crippen molar-refractivity contribution < 1.29 is 65.0 Å². The van der Waals surface area contributed by atoms with Crippen LogP contribution in [0.5, 0.6) is 0 Å². The van der Waals surface area contributed by atoms with Crippen LogP contribution in [0.15, 0.2) is 0 Å². The zero-order valence-corrected chi connectivity index (χ0v) is 11.2. The maximum Gasteiger partial charge on any atom is 1.00 e. The van der Waals surface area contributed by atoms with Gasteiger partial charge in [0, 0.05) is 6.54 Å². The second-order valence-electron chi connectivity index (χ2n) is 3.80. The zero-order chi connectivity index (χ0) is 9.64. The van der Waals surface area contributed by atoms with Crippen LogP contribution in [0.1, 0.15) is 12.8 Å². The van der Waals surface area contributed by atoms with Crippen molar-refractivity contribution >= 4 is 5.91 Å². The number of hydrogen-bond donors (Lipinski definition) is 0. The van der Waals surface area contributed by atoms with Crippen LogP contribution in [-0.4, -0.2) is 41.8 Å². The number of nitrogens with one attached hydrogen (secondary N) is 1. The molecule has 1 saturated carbocycles. The molecule has 2 fully saturated rings. The molecule has 2 aliphatic rings. The fourth-order valence-corrected chi connectivity index (χ4v) is 1.54. The van der Waals surface area contributed by atoms with Gasteiger partial charge in [0.25, 0.3) is 5.91 Å². The van der Waals surface area contributed by atoms with E-state index in [0.29, 0.717) is 0 Å². The minimum absolute atomic E-state index is 0. The number of halogens is 2. The van der Waals surface area contributed by atoms with E-state index in [-0.39, 0.29) is 77.3 Å². The molecule has 2 rings (SSSR count). The molecule has 0 radical (unpaired) electrons. The molecule has 1 aliphatic heterocycles. The van der Waals surface area contributed by atoms with Gasteiger partial charge in [0.1, 0.15) is 6.17 Å². The maximum atomic E-state index is 13.2. The van der Waals surface area contributed by atoms with Crippen LogP contribution in [0, 0.1) is 0 Å². The molecule has 0 aromatic rings. The fourth-order valence-electron chi connectivity index (χ4n) is 1.54. The Labute approximate surface area is 124 Å². The number of likely N-dealkylation sites (tertiary alicyclic amines) is 1. The molecule has 1 saturated heterocycles. The van der Waals surface area contributed by atoms with Crippen LogP contribution in [-0.2, 0) is 4.79 Å². The number of nitrogens with zero attached hydrogens (tertiary/aromatic N) is 1. The maximum absolute atomic E-state index is 13.2. The second kappa shape index (κ2) is 4.43. The third kappa shape index (κ3) is 2.36. The summed E-state index contributed by atoms with van der Waals surface area (Å²) in [5.41, 5.74) is 5.48. The van der Waals surface area contributed by atoms with E-state index in [0.717, 1.165) is 4.90 Å². The molecule has 0 aromatic heterocycles. The van der Waals surface area contributed by atoms with Gasteiger partial charge in [-0.2, -0.15) is 0 Å². The number of amides is 1. The van der Waals surface area contributed by atoms with E-state index in [1.54, 1.807) is 0 Å². The predicted molar refractivity (Wildman–Crippen MR) is 42.7 cm³/mol. The summed E-state index contributed by atoms with van der Waals surface area (Å²) < 4.78 is 26.1. The molecule has 1 heterocycles. The summed E-state index contributed by atoms with van der Waals surface area (Å²) >= 11 is 0. The van der Waals surface area contributed by atoms with Crippen molar-refractivity contribution in [1.82, 2.24) is 4.90 Å². The minimum Gasteiger partial charge on any atom is -0.671 e. The standard InChI is InChI=1S/C8H11F2N2O.K/c9-5-3-12(4-6(5)11)7(13)8(10)1-2-8;/h5-6,11H,1-4H2;/q-1;+1. The van der Waals surface area contributed by atoms with E-state index in [1.165, 1.54) is 0 Å². The van der Waals surface area contributed by atoms with Crippen LogP contribution < -0.4 is 51.4 Å². The van der Waals surface area contributed by atoms with Crippen molar-refractivity contribution in [2.75, 3.05) is 13.1 Å². The Hall–Kier alpha value is 0.926. The van der Waals surface area contributed by atoms with Gasteiger partial charge in [0.05, 0.1) is 6.54 Å². The first kappa shape index (κ1) is 13.0. The second-order valence-corrected chi connectivity index (χ2v) is 3.80. The van der Waals surface area contributed by atoms with Gasteiger partial charge in [-0.25, -0.2) is 8.78 Å². The number of hydrogen-bond acceptors (Lipinski definition) is 1. The van der Waals surface area contributed by atoms with Gasteiger partial charge in [-0.15, -0.1) is 0 Å². The van der Waals surface area contributed by atoms with Gasteiger partial charge in [0.2, 0.25) is 0 Å². The Kier molecular flexibility index (Phi) is 4.11. The molecule has 1 aliphatic carbocycles. The number of carbonyl (C=O) groups is 1. The van der Waals surface area contributed by atoms with Gasteiger partial charge in [-0.05, 0) is 12.8 Å². The van der Waals surface area contributed by atoms with Crippen LogP contribution in [0.2, 0.25) is 0 Å². The van der Waals surface area contributed by atoms with Crippen LogP contribution in [0.3, 0.4) is 0 Å². The minimum atomic E-state index is -1.72. The first-order valence-electron chi connectivity index (χ1n) is 4.36. The Bertz CT molecular complexity index is 237. The summed E-state index contributed by atoms with van der Waals surface area (Å²) in [4.78, 5) is 12.5. The summed E-state index contributed by atoms with van der Waals surface area (Å²) in [5, 5.41) is 0. The molecule has 6 heteroatoms. The summed E-state index contributed by atoms with van der Waals surface area (Å²) in [6.07, 6.45) is -0.810. The van der Waals surface area contributed by atoms with Gasteiger partial charge >= 0.3 is 51.4 Å². The zero-order valence-electron chi connectivity index (χ0n) is 8.09. The van der Waals surface area contributed by atoms with Gasteiger partial charge in [0.15, 0.2) is 5.67 Å². The van der Waals surface area contributed by atoms with Crippen molar-refractivity contribution in [3.63, 3.8) is 0 Å². The molecule has 1 N–H and O–H groups in total. The Morgan fingerprint density at radius 3 is 2.36 bits per heavy atom. The SMILES string of the molecule is [K+].[NH-]C1CN(C(=O)C2(F)CC2)CC1F. The van der Waals surface area contributed by atoms with E-state index in [4.69, 9.17) is 5.73 Å². The molecule has 2 unspecified atom stereocenters. The van der Waals surface area contributed by atoms with Gasteiger partial charge in [-0.1, -0.05) is 6.04 Å². The normalized spacial score (nSPS) is 33.8. The quantitative estimate of drug-likeness (QED) is 0.483. The van der Waals surface area contributed by atoms with Gasteiger partial charge < -0.3 is 10.6 Å². The molecule has 1 amide bonds. The average Bonchev–Trinajstić information content (AvgIpc) is 2.74. The average molecular weight is 228 g/mol. The van der Waals surface area contributed by atoms with Crippen molar-refractivity contribution in [2.45, 2.75) is 30.7 Å². The Morgan fingerprint density at radius 2 is 2.00 bits per heavy atom. The first-order valence-corrected chi connectivity index (χ1v) is 4.36. The van der Waals surface area contributed by atoms with E-state index in [2.05, 4.69) is 0 Å². The van der Waals surface area contributed by atoms with Crippen molar-refractivity contribution in [1.29, 1.82) is 0 Å². The smallest absolute Gasteiger partial charge is 0.671 e. The molecule has 3 nitrogen and oxygen atoms in total. The summed E-state index contributed by atoms with van der Waals surface area (Å²) in [6.45, 7) is -0.0790. The molecule has 2 atom stereocenters. The number of rotatable bonds is 1. The molecular formula is C8H11F2KN2O. The summed E-state index contributed by atoms with van der Waals surface area (Å²) in [5.74, 6) is -0.620. The third-order valence-electron chi connectivity index (χ3n) is 2.61. The molecule has 74 valence electrons. The van der Waals surface area contributed by atoms with E-state index in [9.17, 15) is 13.6 Å². The topological polar surface area (TPSA) is 44.1 Å². The summed E-state index contributed by atoms with van der Waals surface area (Å²) in [6, 6.07) is -0.897. The molecule has 0 spiro atoms. The van der Waals surface area contributed by atoms with Crippen molar-refractivity contribution in [3.05, 3.63) is 5.73 Å². The largest absolute Gasteiger partial charge is 1.00 e. The molecular weight excluding hydrogens is 217 g/mol. The predicted octanol–water partition coefficient (Wildman–Crippen LogP) is -1.91. The number of carbonyl (C=O) groups excluding carboxylic acids is 1. The van der Waals surface area contributed by atoms with Crippen molar-refractivity contribution in [2.24, 2.45) is 0 Å². The van der Waals surface area contributed by atoms with Crippen molar-refractivity contribution in [3.8, 4) is 0 Å².